The third-order valence-electron chi connectivity index (χ3n) is 8.64. The molecular formula is C34H32N4O6S2. The molecule has 1 unspecified atom stereocenters. The second kappa shape index (κ2) is 11.3. The molecule has 1 aliphatic carbocycles. The van der Waals surface area contributed by atoms with Gasteiger partial charge in [-0.25, -0.2) is 0 Å². The summed E-state index contributed by atoms with van der Waals surface area (Å²) in [5.41, 5.74) is 5.76. The Kier molecular flexibility index (Phi) is 7.40. The smallest absolute Gasteiger partial charge is 0.295 e. The molecule has 10 nitrogen and oxygen atoms in total. The fourth-order valence-corrected chi connectivity index (χ4v) is 7.98. The van der Waals surface area contributed by atoms with E-state index in [1.807, 2.05) is 24.3 Å². The van der Waals surface area contributed by atoms with Crippen molar-refractivity contribution in [2.75, 3.05) is 27.4 Å². The van der Waals surface area contributed by atoms with Crippen LogP contribution in [-0.4, -0.2) is 38.7 Å². The number of allylic oxidation sites excluding steroid dienone is 6. The van der Waals surface area contributed by atoms with Gasteiger partial charge in [-0.15, -0.1) is 0 Å². The molecule has 2 heterocycles. The summed E-state index contributed by atoms with van der Waals surface area (Å²) in [4.78, 5) is 1.98. The van der Waals surface area contributed by atoms with E-state index in [0.29, 0.717) is 16.2 Å². The molecule has 1 atom stereocenters. The molecule has 4 aromatic rings. The van der Waals surface area contributed by atoms with Crippen LogP contribution in [0.3, 0.4) is 0 Å². The van der Waals surface area contributed by atoms with Crippen LogP contribution in [0.2, 0.25) is 0 Å². The van der Waals surface area contributed by atoms with E-state index in [9.17, 15) is 25.9 Å². The number of likely N-dealkylation sites (N-methyl/N-ethyl adjacent to an activating group) is 1. The number of hydrogen-bond donors (Lipinski definition) is 5. The van der Waals surface area contributed by atoms with Crippen molar-refractivity contribution in [2.45, 2.75) is 42.1 Å². The summed E-state index contributed by atoms with van der Waals surface area (Å²) in [7, 11) is -8.71. The van der Waals surface area contributed by atoms with Crippen LogP contribution in [0.1, 0.15) is 26.2 Å². The Morgan fingerprint density at radius 2 is 1.48 bits per heavy atom. The van der Waals surface area contributed by atoms with Crippen molar-refractivity contribution in [1.29, 1.82) is 0 Å². The van der Waals surface area contributed by atoms with E-state index in [0.717, 1.165) is 59.8 Å². The minimum Gasteiger partial charge on any atom is -0.360 e. The third-order valence-corrected chi connectivity index (χ3v) is 10.5. The van der Waals surface area contributed by atoms with Gasteiger partial charge in [0.25, 0.3) is 20.2 Å². The number of nitrogens with one attached hydrogen (secondary N) is 3. The fraction of sp³-hybridized carbons (Fsp3) is 0.176. The Morgan fingerprint density at radius 3 is 2.15 bits per heavy atom. The first-order valence-electron chi connectivity index (χ1n) is 14.9. The van der Waals surface area contributed by atoms with Crippen LogP contribution in [0.4, 0.5) is 22.7 Å². The van der Waals surface area contributed by atoms with E-state index >= 15 is 0 Å². The normalized spacial score (nSPS) is 19.8. The maximum atomic E-state index is 12.0. The standard InChI is InChI=1S/C34H32N4O6S2/c1-2-38-28-17-15-24-26(9-5-11-30(24)46(42,43)44)34(28)37-32(38)19-13-22-7-3-6-21(20-22)12-18-31-35-27-16-14-23-25(33(27)36-31)8-4-10-29(23)45(39,40)41/h4-5,8-20,32,35-37H,2-3,6-7H2,1H3,(H,39,40,41)(H,42,43,44)/b19-13+,21-12+,31-18-. The molecule has 7 rings (SSSR count). The van der Waals surface area contributed by atoms with Gasteiger partial charge in [0, 0.05) is 28.1 Å². The van der Waals surface area contributed by atoms with E-state index < -0.39 is 20.2 Å². The van der Waals surface area contributed by atoms with E-state index in [1.165, 1.54) is 23.3 Å². The van der Waals surface area contributed by atoms with Gasteiger partial charge >= 0.3 is 0 Å². The lowest BCUT2D eigenvalue weighted by Crippen LogP contribution is -2.33. The van der Waals surface area contributed by atoms with Gasteiger partial charge in [-0.3, -0.25) is 9.11 Å². The molecule has 0 saturated carbocycles. The van der Waals surface area contributed by atoms with Crippen molar-refractivity contribution in [1.82, 2.24) is 0 Å². The van der Waals surface area contributed by atoms with E-state index in [2.05, 4.69) is 52.1 Å². The zero-order valence-electron chi connectivity index (χ0n) is 24.9. The second-order valence-corrected chi connectivity index (χ2v) is 14.3. The highest BCUT2D eigenvalue weighted by molar-refractivity contribution is 7.86. The minimum atomic E-state index is -4.36. The van der Waals surface area contributed by atoms with Crippen LogP contribution in [0.5, 0.6) is 0 Å². The molecule has 2 aliphatic heterocycles. The molecular weight excluding hydrogens is 625 g/mol. The first kappa shape index (κ1) is 30.1. The van der Waals surface area contributed by atoms with Gasteiger partial charge in [0.15, 0.2) is 0 Å². The van der Waals surface area contributed by atoms with Crippen LogP contribution in [0.15, 0.2) is 118 Å². The average molecular weight is 657 g/mol. The molecule has 46 heavy (non-hydrogen) atoms. The molecule has 4 aromatic carbocycles. The van der Waals surface area contributed by atoms with E-state index in [4.69, 9.17) is 0 Å². The zero-order valence-corrected chi connectivity index (χ0v) is 26.5. The number of nitrogens with zero attached hydrogens (tertiary/aromatic N) is 1. The predicted octanol–water partition coefficient (Wildman–Crippen LogP) is 7.04. The van der Waals surface area contributed by atoms with Gasteiger partial charge < -0.3 is 20.9 Å². The van der Waals surface area contributed by atoms with Crippen molar-refractivity contribution in [3.8, 4) is 0 Å². The number of hydrogen-bond acceptors (Lipinski definition) is 8. The molecule has 236 valence electrons. The monoisotopic (exact) mass is 656 g/mol. The summed E-state index contributed by atoms with van der Waals surface area (Å²) in [5, 5.41) is 12.6. The Balaban J connectivity index is 1.11. The van der Waals surface area contributed by atoms with Gasteiger partial charge in [-0.2, -0.15) is 16.8 Å². The van der Waals surface area contributed by atoms with Crippen LogP contribution in [0.25, 0.3) is 21.5 Å². The van der Waals surface area contributed by atoms with Crippen LogP contribution in [-0.2, 0) is 20.2 Å². The maximum absolute atomic E-state index is 12.0. The number of fused-ring (bicyclic) bond motifs is 6. The van der Waals surface area contributed by atoms with Gasteiger partial charge in [-0.1, -0.05) is 54.6 Å². The summed E-state index contributed by atoms with van der Waals surface area (Å²) in [6.45, 7) is 2.81. The van der Waals surface area contributed by atoms with Gasteiger partial charge in [0.2, 0.25) is 0 Å². The van der Waals surface area contributed by atoms with Crippen molar-refractivity contribution in [2.24, 2.45) is 0 Å². The second-order valence-electron chi connectivity index (χ2n) is 11.5. The lowest BCUT2D eigenvalue weighted by Gasteiger charge is -2.23. The lowest BCUT2D eigenvalue weighted by atomic mass is 9.94. The predicted molar refractivity (Wildman–Crippen MR) is 182 cm³/mol. The molecule has 5 N–H and O–H groups in total. The highest BCUT2D eigenvalue weighted by Gasteiger charge is 2.28. The summed E-state index contributed by atoms with van der Waals surface area (Å²) in [6.07, 6.45) is 13.3. The molecule has 12 heteroatoms. The van der Waals surface area contributed by atoms with Crippen molar-refractivity contribution in [3.05, 3.63) is 108 Å². The highest BCUT2D eigenvalue weighted by atomic mass is 32.2. The Labute approximate surface area is 267 Å². The van der Waals surface area contributed by atoms with Gasteiger partial charge in [0.05, 0.1) is 22.7 Å². The fourth-order valence-electron chi connectivity index (χ4n) is 6.56. The minimum absolute atomic E-state index is 0.107. The highest BCUT2D eigenvalue weighted by Crippen LogP contribution is 2.42. The van der Waals surface area contributed by atoms with Gasteiger partial charge in [0.1, 0.15) is 21.8 Å². The molecule has 0 saturated heterocycles. The van der Waals surface area contributed by atoms with Crippen molar-refractivity contribution < 1.29 is 25.9 Å². The lowest BCUT2D eigenvalue weighted by molar-refractivity contribution is 0.482. The van der Waals surface area contributed by atoms with E-state index in [1.54, 1.807) is 30.3 Å². The van der Waals surface area contributed by atoms with Crippen molar-refractivity contribution in [3.63, 3.8) is 0 Å². The molecule has 0 radical (unpaired) electrons. The van der Waals surface area contributed by atoms with E-state index in [-0.39, 0.29) is 16.0 Å². The summed E-state index contributed by atoms with van der Waals surface area (Å²) in [5.74, 6) is 0.763. The Hall–Kier alpha value is -4.62. The van der Waals surface area contributed by atoms with Crippen LogP contribution in [0, 0.1) is 0 Å². The largest absolute Gasteiger partial charge is 0.360 e. The number of rotatable bonds is 6. The summed E-state index contributed by atoms with van der Waals surface area (Å²) >= 11 is 0. The summed E-state index contributed by atoms with van der Waals surface area (Å²) < 4.78 is 67.0. The molecule has 0 amide bonds. The Morgan fingerprint density at radius 1 is 0.804 bits per heavy atom. The molecule has 0 aromatic heterocycles. The van der Waals surface area contributed by atoms with Gasteiger partial charge in [-0.05, 0) is 73.7 Å². The van der Waals surface area contributed by atoms with Crippen molar-refractivity contribution >= 4 is 64.5 Å². The summed E-state index contributed by atoms with van der Waals surface area (Å²) in [6, 6.07) is 16.8. The number of benzene rings is 4. The third kappa shape index (κ3) is 5.43. The van der Waals surface area contributed by atoms with Crippen LogP contribution < -0.4 is 20.9 Å². The first-order valence-corrected chi connectivity index (χ1v) is 17.8. The Bertz CT molecular complexity index is 2270. The number of anilines is 4. The topological polar surface area (TPSA) is 148 Å². The molecule has 0 bridgehead atoms. The first-order chi connectivity index (χ1) is 22.0. The average Bonchev–Trinajstić information content (AvgIpc) is 3.62. The molecule has 3 aliphatic rings. The SMILES string of the molecule is CCN1c2ccc3c(S(=O)(=O)O)cccc3c2NC1/C=C/C1=CC(=C/C=C2/Nc3ccc4c(S(=O)(=O)O)cccc4c3N2)/CCC1. The zero-order chi connectivity index (χ0) is 32.2. The molecule has 0 spiro atoms. The van der Waals surface area contributed by atoms with Crippen LogP contribution >= 0.6 is 0 Å². The maximum Gasteiger partial charge on any atom is 0.295 e. The quantitative estimate of drug-likeness (QED) is 0.137. The molecule has 0 fully saturated rings.